The van der Waals surface area contributed by atoms with Gasteiger partial charge in [-0.1, -0.05) is 48.5 Å². The average molecular weight is 460 g/mol. The lowest BCUT2D eigenvalue weighted by atomic mass is 9.98. The standard InChI is InChI=1S/C26H25N3O5/c1-16(17-10-12-27-13-11-17)28-25(32)23(14-24(30)31)29-26(33)34-15-22-20-8-4-2-6-18(20)19-7-3-5-9-21(19)22/h2-13,16,22-23H,14-15H2,1H3,(H,28,32)(H,29,33)(H,30,31)/t16-,23?/m1/s1. The molecule has 4 rings (SSSR count). The highest BCUT2D eigenvalue weighted by Gasteiger charge is 2.30. The highest BCUT2D eigenvalue weighted by Crippen LogP contribution is 2.44. The van der Waals surface area contributed by atoms with Crippen LogP contribution >= 0.6 is 0 Å². The summed E-state index contributed by atoms with van der Waals surface area (Å²) in [5.41, 5.74) is 5.12. The molecule has 0 bridgehead atoms. The van der Waals surface area contributed by atoms with Crippen LogP contribution in [0, 0.1) is 0 Å². The van der Waals surface area contributed by atoms with Crippen molar-refractivity contribution in [1.29, 1.82) is 0 Å². The Labute approximate surface area is 197 Å². The van der Waals surface area contributed by atoms with E-state index in [0.29, 0.717) is 0 Å². The van der Waals surface area contributed by atoms with Gasteiger partial charge in [0.05, 0.1) is 12.5 Å². The quantitative estimate of drug-likeness (QED) is 0.473. The van der Waals surface area contributed by atoms with Crippen LogP contribution in [0.2, 0.25) is 0 Å². The number of nitrogens with zero attached hydrogens (tertiary/aromatic N) is 1. The summed E-state index contributed by atoms with van der Waals surface area (Å²) in [6.07, 6.45) is 1.78. The topological polar surface area (TPSA) is 118 Å². The van der Waals surface area contributed by atoms with Crippen LogP contribution in [0.3, 0.4) is 0 Å². The average Bonchev–Trinajstić information content (AvgIpc) is 3.16. The van der Waals surface area contributed by atoms with Crippen LogP contribution in [0.15, 0.2) is 73.1 Å². The number of aromatic nitrogens is 1. The third kappa shape index (κ3) is 5.06. The fourth-order valence-electron chi connectivity index (χ4n) is 4.22. The van der Waals surface area contributed by atoms with Gasteiger partial charge in [0.2, 0.25) is 5.91 Å². The molecule has 0 aliphatic heterocycles. The van der Waals surface area contributed by atoms with Crippen molar-refractivity contribution in [3.05, 3.63) is 89.7 Å². The van der Waals surface area contributed by atoms with Gasteiger partial charge in [0.15, 0.2) is 0 Å². The van der Waals surface area contributed by atoms with Gasteiger partial charge in [-0.3, -0.25) is 14.6 Å². The number of amides is 2. The number of alkyl carbamates (subject to hydrolysis) is 1. The first-order valence-electron chi connectivity index (χ1n) is 11.0. The van der Waals surface area contributed by atoms with E-state index < -0.39 is 36.5 Å². The molecule has 1 heterocycles. The highest BCUT2D eigenvalue weighted by atomic mass is 16.5. The summed E-state index contributed by atoms with van der Waals surface area (Å²) in [5.74, 6) is -1.97. The molecule has 1 aliphatic carbocycles. The lowest BCUT2D eigenvalue weighted by Gasteiger charge is -2.21. The molecule has 2 aromatic carbocycles. The third-order valence-electron chi connectivity index (χ3n) is 5.90. The van der Waals surface area contributed by atoms with Gasteiger partial charge < -0.3 is 20.5 Å². The predicted molar refractivity (Wildman–Crippen MR) is 125 cm³/mol. The zero-order valence-electron chi connectivity index (χ0n) is 18.6. The van der Waals surface area contributed by atoms with E-state index in [2.05, 4.69) is 15.6 Å². The van der Waals surface area contributed by atoms with Crippen molar-refractivity contribution in [3.63, 3.8) is 0 Å². The zero-order chi connectivity index (χ0) is 24.1. The van der Waals surface area contributed by atoms with Gasteiger partial charge in [-0.2, -0.15) is 0 Å². The van der Waals surface area contributed by atoms with E-state index in [1.54, 1.807) is 31.5 Å². The molecule has 174 valence electrons. The van der Waals surface area contributed by atoms with Gasteiger partial charge in [-0.05, 0) is 46.9 Å². The second kappa shape index (κ2) is 10.2. The van der Waals surface area contributed by atoms with Crippen LogP contribution in [0.5, 0.6) is 0 Å². The Morgan fingerprint density at radius 2 is 1.53 bits per heavy atom. The lowest BCUT2D eigenvalue weighted by molar-refractivity contribution is -0.140. The smallest absolute Gasteiger partial charge is 0.407 e. The molecule has 1 aromatic heterocycles. The fourth-order valence-corrected chi connectivity index (χ4v) is 4.22. The van der Waals surface area contributed by atoms with Crippen molar-refractivity contribution >= 4 is 18.0 Å². The SMILES string of the molecule is C[C@@H](NC(=O)C(CC(=O)O)NC(=O)OCC1c2ccccc2-c2ccccc21)c1ccncc1. The number of rotatable bonds is 8. The van der Waals surface area contributed by atoms with Crippen LogP contribution in [0.4, 0.5) is 4.79 Å². The normalized spacial score (nSPS) is 13.8. The van der Waals surface area contributed by atoms with Gasteiger partial charge in [0, 0.05) is 18.3 Å². The number of carbonyl (C=O) groups excluding carboxylic acids is 2. The van der Waals surface area contributed by atoms with Crippen molar-refractivity contribution in [1.82, 2.24) is 15.6 Å². The third-order valence-corrected chi connectivity index (χ3v) is 5.90. The number of aliphatic carboxylic acids is 1. The number of carboxylic acid groups (broad SMARTS) is 1. The molecular weight excluding hydrogens is 434 g/mol. The first kappa shape index (κ1) is 23.0. The van der Waals surface area contributed by atoms with Gasteiger partial charge in [0.1, 0.15) is 12.6 Å². The summed E-state index contributed by atoms with van der Waals surface area (Å²) in [5, 5.41) is 14.4. The first-order valence-corrected chi connectivity index (χ1v) is 11.0. The monoisotopic (exact) mass is 459 g/mol. The second-order valence-electron chi connectivity index (χ2n) is 8.13. The highest BCUT2D eigenvalue weighted by molar-refractivity contribution is 5.89. The molecule has 0 fully saturated rings. The van der Waals surface area contributed by atoms with Gasteiger partial charge in [-0.25, -0.2) is 4.79 Å². The molecule has 1 aliphatic rings. The van der Waals surface area contributed by atoms with E-state index >= 15 is 0 Å². The molecule has 2 amide bonds. The molecule has 0 saturated heterocycles. The minimum Gasteiger partial charge on any atom is -0.481 e. The maximum Gasteiger partial charge on any atom is 0.407 e. The number of fused-ring (bicyclic) bond motifs is 3. The molecule has 2 atom stereocenters. The van der Waals surface area contributed by atoms with Crippen molar-refractivity contribution in [3.8, 4) is 11.1 Å². The fraction of sp³-hybridized carbons (Fsp3) is 0.231. The van der Waals surface area contributed by atoms with Gasteiger partial charge in [0.25, 0.3) is 0 Å². The summed E-state index contributed by atoms with van der Waals surface area (Å²) in [6.45, 7) is 1.83. The van der Waals surface area contributed by atoms with Gasteiger partial charge >= 0.3 is 12.1 Å². The number of carbonyl (C=O) groups is 3. The van der Waals surface area contributed by atoms with E-state index in [1.165, 1.54) is 0 Å². The van der Waals surface area contributed by atoms with Crippen molar-refractivity contribution < 1.29 is 24.2 Å². The molecule has 3 aromatic rings. The van der Waals surface area contributed by atoms with Crippen LogP contribution in [0.1, 0.15) is 42.0 Å². The summed E-state index contributed by atoms with van der Waals surface area (Å²) >= 11 is 0. The molecule has 0 spiro atoms. The number of benzene rings is 2. The van der Waals surface area contributed by atoms with E-state index in [1.807, 2.05) is 48.5 Å². The van der Waals surface area contributed by atoms with Crippen LogP contribution in [0.25, 0.3) is 11.1 Å². The number of pyridine rings is 1. The first-order chi connectivity index (χ1) is 16.4. The zero-order valence-corrected chi connectivity index (χ0v) is 18.6. The molecule has 1 unspecified atom stereocenters. The number of hydrogen-bond acceptors (Lipinski definition) is 5. The minimum absolute atomic E-state index is 0.0642. The molecular formula is C26H25N3O5. The Hall–Kier alpha value is -4.20. The molecule has 0 radical (unpaired) electrons. The van der Waals surface area contributed by atoms with Crippen molar-refractivity contribution in [2.45, 2.75) is 31.3 Å². The maximum absolute atomic E-state index is 12.7. The number of nitrogens with one attached hydrogen (secondary N) is 2. The van der Waals surface area contributed by atoms with E-state index in [-0.39, 0.29) is 12.5 Å². The van der Waals surface area contributed by atoms with E-state index in [0.717, 1.165) is 27.8 Å². The summed E-state index contributed by atoms with van der Waals surface area (Å²) in [6, 6.07) is 17.7. The van der Waals surface area contributed by atoms with Crippen molar-refractivity contribution in [2.75, 3.05) is 6.61 Å². The van der Waals surface area contributed by atoms with Crippen LogP contribution < -0.4 is 10.6 Å². The number of hydrogen-bond donors (Lipinski definition) is 3. The molecule has 8 nitrogen and oxygen atoms in total. The largest absolute Gasteiger partial charge is 0.481 e. The molecule has 34 heavy (non-hydrogen) atoms. The number of ether oxygens (including phenoxy) is 1. The predicted octanol–water partition coefficient (Wildman–Crippen LogP) is 3.64. The molecule has 8 heteroatoms. The Bertz CT molecular complexity index is 1150. The van der Waals surface area contributed by atoms with Gasteiger partial charge in [-0.15, -0.1) is 0 Å². The Morgan fingerprint density at radius 1 is 0.941 bits per heavy atom. The summed E-state index contributed by atoms with van der Waals surface area (Å²) in [7, 11) is 0. The maximum atomic E-state index is 12.7. The number of carboxylic acids is 1. The second-order valence-corrected chi connectivity index (χ2v) is 8.13. The Kier molecular flexibility index (Phi) is 6.87. The lowest BCUT2D eigenvalue weighted by Crippen LogP contribution is -2.48. The molecule has 3 N–H and O–H groups in total. The minimum atomic E-state index is -1.28. The van der Waals surface area contributed by atoms with E-state index in [9.17, 15) is 19.5 Å². The summed E-state index contributed by atoms with van der Waals surface area (Å²) < 4.78 is 5.46. The summed E-state index contributed by atoms with van der Waals surface area (Å²) in [4.78, 5) is 40.5. The van der Waals surface area contributed by atoms with Crippen LogP contribution in [-0.4, -0.2) is 40.7 Å². The van der Waals surface area contributed by atoms with E-state index in [4.69, 9.17) is 4.74 Å². The molecule has 0 saturated carbocycles. The van der Waals surface area contributed by atoms with Crippen molar-refractivity contribution in [2.24, 2.45) is 0 Å². The Morgan fingerprint density at radius 3 is 2.12 bits per heavy atom. The Balaban J connectivity index is 1.41. The van der Waals surface area contributed by atoms with Crippen LogP contribution in [-0.2, 0) is 14.3 Å².